The third-order valence-corrected chi connectivity index (χ3v) is 3.37. The third kappa shape index (κ3) is 2.86. The molecule has 2 aromatic rings. The van der Waals surface area contributed by atoms with Gasteiger partial charge in [0.2, 0.25) is 0 Å². The molecule has 1 aliphatic heterocycles. The Kier molecular flexibility index (Phi) is 4.03. The van der Waals surface area contributed by atoms with Crippen LogP contribution in [0.15, 0.2) is 29.5 Å². The lowest BCUT2D eigenvalue weighted by atomic mass is 10.2. The van der Waals surface area contributed by atoms with E-state index >= 15 is 0 Å². The van der Waals surface area contributed by atoms with Gasteiger partial charge in [-0.3, -0.25) is 9.36 Å². The molecule has 1 unspecified atom stereocenters. The number of fused-ring (bicyclic) bond motifs is 1. The highest BCUT2D eigenvalue weighted by Gasteiger charge is 2.13. The molecule has 106 valence electrons. The van der Waals surface area contributed by atoms with Crippen molar-refractivity contribution in [1.82, 2.24) is 14.5 Å². The van der Waals surface area contributed by atoms with Gasteiger partial charge < -0.3 is 9.47 Å². The summed E-state index contributed by atoms with van der Waals surface area (Å²) >= 11 is 0. The van der Waals surface area contributed by atoms with Crippen LogP contribution in [0.2, 0.25) is 0 Å². The molecule has 2 aromatic heterocycles. The van der Waals surface area contributed by atoms with Crippen LogP contribution in [0.25, 0.3) is 11.0 Å². The van der Waals surface area contributed by atoms with Gasteiger partial charge in [0.1, 0.15) is 6.33 Å². The van der Waals surface area contributed by atoms with Gasteiger partial charge in [0.15, 0.2) is 11.9 Å². The Labute approximate surface area is 116 Å². The smallest absolute Gasteiger partial charge is 0.262 e. The van der Waals surface area contributed by atoms with Crippen molar-refractivity contribution in [2.24, 2.45) is 0 Å². The highest BCUT2D eigenvalue weighted by atomic mass is 16.7. The Balaban J connectivity index is 1.65. The van der Waals surface area contributed by atoms with Crippen LogP contribution >= 0.6 is 0 Å². The summed E-state index contributed by atoms with van der Waals surface area (Å²) < 4.78 is 12.7. The average Bonchev–Trinajstić information content (AvgIpc) is 2.51. The van der Waals surface area contributed by atoms with E-state index in [0.717, 1.165) is 25.9 Å². The fourth-order valence-electron chi connectivity index (χ4n) is 2.28. The zero-order valence-electron chi connectivity index (χ0n) is 11.2. The van der Waals surface area contributed by atoms with Gasteiger partial charge in [0.25, 0.3) is 5.56 Å². The molecule has 1 atom stereocenters. The Bertz CT molecular complexity index is 635. The van der Waals surface area contributed by atoms with Gasteiger partial charge in [-0.2, -0.15) is 0 Å². The van der Waals surface area contributed by atoms with Crippen LogP contribution in [0.3, 0.4) is 0 Å². The van der Waals surface area contributed by atoms with Gasteiger partial charge in [-0.1, -0.05) is 0 Å². The molecule has 0 radical (unpaired) electrons. The summed E-state index contributed by atoms with van der Waals surface area (Å²) in [5.41, 5.74) is 0.390. The molecule has 1 fully saturated rings. The molecule has 3 heterocycles. The van der Waals surface area contributed by atoms with Crippen molar-refractivity contribution in [2.45, 2.75) is 32.1 Å². The first-order valence-corrected chi connectivity index (χ1v) is 6.88. The minimum absolute atomic E-state index is 0.0868. The Morgan fingerprint density at radius 1 is 1.40 bits per heavy atom. The van der Waals surface area contributed by atoms with E-state index in [2.05, 4.69) is 9.97 Å². The van der Waals surface area contributed by atoms with Gasteiger partial charge in [0, 0.05) is 12.8 Å². The maximum atomic E-state index is 12.2. The van der Waals surface area contributed by atoms with Crippen LogP contribution < -0.4 is 5.56 Å². The van der Waals surface area contributed by atoms with E-state index in [-0.39, 0.29) is 11.8 Å². The molecule has 0 spiro atoms. The molecule has 1 aliphatic rings. The van der Waals surface area contributed by atoms with Crippen LogP contribution in [0, 0.1) is 0 Å². The summed E-state index contributed by atoms with van der Waals surface area (Å²) in [4.78, 5) is 20.4. The Morgan fingerprint density at radius 2 is 2.35 bits per heavy atom. The molecule has 1 saturated heterocycles. The molecule has 0 aliphatic carbocycles. The summed E-state index contributed by atoms with van der Waals surface area (Å²) in [6.45, 7) is 1.67. The third-order valence-electron chi connectivity index (χ3n) is 3.37. The van der Waals surface area contributed by atoms with E-state index in [0.29, 0.717) is 24.2 Å². The van der Waals surface area contributed by atoms with Gasteiger partial charge in [-0.15, -0.1) is 0 Å². The average molecular weight is 275 g/mol. The molecule has 0 saturated carbocycles. The van der Waals surface area contributed by atoms with Crippen LogP contribution in [0.1, 0.15) is 19.3 Å². The number of hydrogen-bond donors (Lipinski definition) is 0. The second-order valence-electron chi connectivity index (χ2n) is 4.78. The molecule has 0 aromatic carbocycles. The van der Waals surface area contributed by atoms with E-state index in [1.54, 1.807) is 22.9 Å². The minimum Gasteiger partial charge on any atom is -0.353 e. The summed E-state index contributed by atoms with van der Waals surface area (Å²) in [7, 11) is 0. The van der Waals surface area contributed by atoms with E-state index in [9.17, 15) is 4.79 Å². The Morgan fingerprint density at radius 3 is 3.20 bits per heavy atom. The van der Waals surface area contributed by atoms with E-state index in [4.69, 9.17) is 9.47 Å². The molecular formula is C14H17N3O3. The summed E-state index contributed by atoms with van der Waals surface area (Å²) in [6, 6.07) is 3.47. The molecule has 6 heteroatoms. The number of aromatic nitrogens is 3. The fourth-order valence-corrected chi connectivity index (χ4v) is 2.28. The molecule has 6 nitrogen and oxygen atoms in total. The van der Waals surface area contributed by atoms with Crippen molar-refractivity contribution in [1.29, 1.82) is 0 Å². The lowest BCUT2D eigenvalue weighted by Crippen LogP contribution is -2.27. The van der Waals surface area contributed by atoms with Crippen molar-refractivity contribution >= 4 is 11.0 Å². The normalized spacial score (nSPS) is 19.3. The number of pyridine rings is 1. The summed E-state index contributed by atoms with van der Waals surface area (Å²) in [5, 5.41) is 0.531. The van der Waals surface area contributed by atoms with E-state index in [1.165, 1.54) is 6.33 Å². The number of rotatable bonds is 4. The standard InChI is InChI=1S/C14H17N3O3/c18-14-11-4-3-6-15-13(11)16-10-17(14)7-9-20-12-5-1-2-8-19-12/h3-4,6,10,12H,1-2,5,7-9H2. The molecular weight excluding hydrogens is 258 g/mol. The first-order chi connectivity index (χ1) is 9.84. The van der Waals surface area contributed by atoms with Gasteiger partial charge in [-0.05, 0) is 31.4 Å². The zero-order valence-corrected chi connectivity index (χ0v) is 11.2. The topological polar surface area (TPSA) is 66.2 Å². The van der Waals surface area contributed by atoms with Gasteiger partial charge >= 0.3 is 0 Å². The summed E-state index contributed by atoms with van der Waals surface area (Å²) in [5.74, 6) is 0. The SMILES string of the molecule is O=c1c2cccnc2ncn1CCOC1CCCCO1. The highest BCUT2D eigenvalue weighted by Crippen LogP contribution is 2.13. The van der Waals surface area contributed by atoms with E-state index in [1.807, 2.05) is 0 Å². The monoisotopic (exact) mass is 275 g/mol. The van der Waals surface area contributed by atoms with Crippen molar-refractivity contribution in [3.63, 3.8) is 0 Å². The first kappa shape index (κ1) is 13.2. The van der Waals surface area contributed by atoms with Crippen molar-refractivity contribution < 1.29 is 9.47 Å². The van der Waals surface area contributed by atoms with Gasteiger partial charge in [0.05, 0.1) is 18.5 Å². The number of nitrogens with zero attached hydrogens (tertiary/aromatic N) is 3. The maximum Gasteiger partial charge on any atom is 0.262 e. The lowest BCUT2D eigenvalue weighted by Gasteiger charge is -2.22. The summed E-state index contributed by atoms with van der Waals surface area (Å²) in [6.07, 6.45) is 6.17. The number of hydrogen-bond acceptors (Lipinski definition) is 5. The number of ether oxygens (including phenoxy) is 2. The van der Waals surface area contributed by atoms with Crippen molar-refractivity contribution in [3.8, 4) is 0 Å². The predicted octanol–water partition coefficient (Wildman–Crippen LogP) is 1.33. The maximum absolute atomic E-state index is 12.2. The van der Waals surface area contributed by atoms with Crippen LogP contribution in [-0.2, 0) is 16.0 Å². The lowest BCUT2D eigenvalue weighted by molar-refractivity contribution is -0.163. The van der Waals surface area contributed by atoms with E-state index < -0.39 is 0 Å². The molecule has 0 bridgehead atoms. The van der Waals surface area contributed by atoms with Crippen LogP contribution in [0.4, 0.5) is 0 Å². The highest BCUT2D eigenvalue weighted by molar-refractivity contribution is 5.72. The predicted molar refractivity (Wildman–Crippen MR) is 73.3 cm³/mol. The van der Waals surface area contributed by atoms with Crippen LogP contribution in [-0.4, -0.2) is 34.0 Å². The molecule has 0 N–H and O–H groups in total. The molecule has 0 amide bonds. The van der Waals surface area contributed by atoms with Crippen LogP contribution in [0.5, 0.6) is 0 Å². The second-order valence-corrected chi connectivity index (χ2v) is 4.78. The minimum atomic E-state index is -0.130. The molecule has 3 rings (SSSR count). The van der Waals surface area contributed by atoms with Gasteiger partial charge in [-0.25, -0.2) is 9.97 Å². The van der Waals surface area contributed by atoms with Crippen molar-refractivity contribution in [3.05, 3.63) is 35.0 Å². The molecule has 20 heavy (non-hydrogen) atoms. The largest absolute Gasteiger partial charge is 0.353 e. The van der Waals surface area contributed by atoms with Crippen molar-refractivity contribution in [2.75, 3.05) is 13.2 Å². The zero-order chi connectivity index (χ0) is 13.8. The Hall–Kier alpha value is -1.79. The fraction of sp³-hybridized carbons (Fsp3) is 0.500. The quantitative estimate of drug-likeness (QED) is 0.842. The second kappa shape index (κ2) is 6.11. The first-order valence-electron chi connectivity index (χ1n) is 6.88.